The predicted molar refractivity (Wildman–Crippen MR) is 65.1 cm³/mol. The van der Waals surface area contributed by atoms with E-state index in [1.807, 2.05) is 23.1 Å². The lowest BCUT2D eigenvalue weighted by Gasteiger charge is -2.22. The van der Waals surface area contributed by atoms with E-state index in [0.717, 1.165) is 0 Å². The minimum absolute atomic E-state index is 0.338. The van der Waals surface area contributed by atoms with Crippen molar-refractivity contribution in [1.82, 2.24) is 19.0 Å². The molecule has 6 nitrogen and oxygen atoms in total. The van der Waals surface area contributed by atoms with Crippen molar-refractivity contribution in [2.75, 3.05) is 0 Å². The van der Waals surface area contributed by atoms with Gasteiger partial charge < -0.3 is 13.8 Å². The maximum atomic E-state index is 4.31. The zero-order valence-electron chi connectivity index (χ0n) is 9.80. The molecule has 3 aromatic rings. The van der Waals surface area contributed by atoms with Gasteiger partial charge in [0.25, 0.3) is 0 Å². The molecule has 4 rings (SSSR count). The molecule has 0 unspecified atom stereocenters. The Bertz CT molecular complexity index is 668. The zero-order chi connectivity index (χ0) is 11.2. The number of hydrogen-bond donors (Lipinski definition) is 0. The highest BCUT2D eigenvalue weighted by Gasteiger charge is 2.19. The molecule has 0 fully saturated rings. The Morgan fingerprint density at radius 3 is 2.94 bits per heavy atom. The van der Waals surface area contributed by atoms with Gasteiger partial charge in [0.05, 0.1) is 0 Å². The van der Waals surface area contributed by atoms with Gasteiger partial charge in [0.2, 0.25) is 0 Å². The van der Waals surface area contributed by atoms with E-state index in [2.05, 4.69) is 54.2 Å². The normalized spacial score (nSPS) is 13.4. The number of rotatable bonds is 1. The number of nitrogens with zero attached hydrogens (tertiary/aromatic N) is 6. The third kappa shape index (κ3) is 1.20. The second kappa shape index (κ2) is 3.13. The van der Waals surface area contributed by atoms with Crippen LogP contribution in [0.2, 0.25) is 0 Å². The van der Waals surface area contributed by atoms with Crippen LogP contribution >= 0.6 is 0 Å². The molecule has 84 valence electrons. The van der Waals surface area contributed by atoms with Gasteiger partial charge >= 0.3 is 15.1 Å². The molecule has 0 radical (unpaired) electrons. The molecule has 1 aliphatic heterocycles. The average Bonchev–Trinajstić information content (AvgIpc) is 3.05. The number of aromatic nitrogens is 6. The van der Waals surface area contributed by atoms with Crippen LogP contribution < -0.4 is 9.19 Å². The first-order valence-corrected chi connectivity index (χ1v) is 6.08. The maximum Gasteiger partial charge on any atom is 0.418 e. The van der Waals surface area contributed by atoms with E-state index in [0.29, 0.717) is 0 Å². The molecule has 8 heteroatoms. The molecule has 0 bridgehead atoms. The molecular formula is C9H12B2N6. The fourth-order valence-corrected chi connectivity index (χ4v) is 2.93. The standard InChI is InChI=1S/C9H12B2N6/c1-4-12-13(5-1)9-3-8-16-10-14-6-2-7-15(14)11-17(9)16/h1-8H,10-11H2. The molecule has 0 saturated carbocycles. The highest BCUT2D eigenvalue weighted by Crippen LogP contribution is 2.02. The van der Waals surface area contributed by atoms with Crippen LogP contribution in [0.3, 0.4) is 0 Å². The van der Waals surface area contributed by atoms with E-state index >= 15 is 0 Å². The van der Waals surface area contributed by atoms with Crippen LogP contribution in [-0.4, -0.2) is 34.1 Å². The second-order valence-corrected chi connectivity index (χ2v) is 4.76. The fourth-order valence-electron chi connectivity index (χ4n) is 2.93. The molecule has 0 amide bonds. The first-order valence-electron chi connectivity index (χ1n) is 6.08. The van der Waals surface area contributed by atoms with Crippen molar-refractivity contribution in [3.63, 3.8) is 0 Å². The first kappa shape index (κ1) is 8.86. The highest BCUT2D eigenvalue weighted by atomic mass is 15.5. The fraction of sp³-hybridized carbons (Fsp3) is 0. The van der Waals surface area contributed by atoms with Gasteiger partial charge in [0.15, 0.2) is 0 Å². The van der Waals surface area contributed by atoms with Crippen molar-refractivity contribution >= 4 is 15.1 Å². The van der Waals surface area contributed by atoms with E-state index in [1.165, 1.54) is 5.82 Å². The summed E-state index contributed by atoms with van der Waals surface area (Å²) in [5.41, 5.74) is 0. The predicted octanol–water partition coefficient (Wildman–Crippen LogP) is -2.85. The third-order valence-corrected chi connectivity index (χ3v) is 3.89. The van der Waals surface area contributed by atoms with E-state index in [1.54, 1.807) is 0 Å². The van der Waals surface area contributed by atoms with E-state index in [4.69, 9.17) is 0 Å². The average molecular weight is 226 g/mol. The molecule has 1 aliphatic rings. The smallest absolute Gasteiger partial charge is 0.348 e. The van der Waals surface area contributed by atoms with Gasteiger partial charge in [-0.2, -0.15) is 5.10 Å². The maximum absolute atomic E-state index is 4.31. The molecular weight excluding hydrogens is 214 g/mol. The van der Waals surface area contributed by atoms with Crippen LogP contribution in [0, 0.1) is 0 Å². The Balaban J connectivity index is 1.85. The van der Waals surface area contributed by atoms with Gasteiger partial charge in [0.1, 0.15) is 18.2 Å². The summed E-state index contributed by atoms with van der Waals surface area (Å²) in [5.74, 6) is 1.17. The van der Waals surface area contributed by atoms with Crippen molar-refractivity contribution < 1.29 is 9.19 Å². The lowest BCUT2D eigenvalue weighted by Crippen LogP contribution is -2.70. The SMILES string of the molecule is [BH2-]1n2c(-n3cccn3)cc[n+]2[BH2-]n2ccc[n+]21. The van der Waals surface area contributed by atoms with E-state index in [-0.39, 0.29) is 7.55 Å². The van der Waals surface area contributed by atoms with Crippen LogP contribution in [0.4, 0.5) is 0 Å². The van der Waals surface area contributed by atoms with Crippen LogP contribution in [0.25, 0.3) is 5.82 Å². The summed E-state index contributed by atoms with van der Waals surface area (Å²) in [6.45, 7) is 0. The molecule has 17 heavy (non-hydrogen) atoms. The van der Waals surface area contributed by atoms with Crippen molar-refractivity contribution in [3.8, 4) is 5.82 Å². The van der Waals surface area contributed by atoms with Crippen LogP contribution in [-0.2, 0) is 0 Å². The second-order valence-electron chi connectivity index (χ2n) is 4.76. The highest BCUT2D eigenvalue weighted by molar-refractivity contribution is 6.28. The molecule has 0 N–H and O–H groups in total. The summed E-state index contributed by atoms with van der Waals surface area (Å²) in [4.78, 5) is 0. The van der Waals surface area contributed by atoms with Crippen LogP contribution in [0.15, 0.2) is 49.2 Å². The molecule has 0 aromatic carbocycles. The Hall–Kier alpha value is -2.24. The number of fused-ring (bicyclic) bond motifs is 2. The summed E-state index contributed by atoms with van der Waals surface area (Å²) >= 11 is 0. The summed E-state index contributed by atoms with van der Waals surface area (Å²) in [5, 5.41) is 4.31. The first-order chi connectivity index (χ1) is 8.42. The topological polar surface area (TPSA) is 35.4 Å². The quantitative estimate of drug-likeness (QED) is 0.322. The Morgan fingerprint density at radius 2 is 2.06 bits per heavy atom. The minimum Gasteiger partial charge on any atom is -0.348 e. The van der Waals surface area contributed by atoms with Gasteiger partial charge in [-0.25, -0.2) is 4.68 Å². The zero-order valence-corrected chi connectivity index (χ0v) is 9.80. The Morgan fingerprint density at radius 1 is 1.06 bits per heavy atom. The summed E-state index contributed by atoms with van der Waals surface area (Å²) < 4.78 is 11.4. The number of hydrogen-bond acceptors (Lipinski definition) is 1. The third-order valence-electron chi connectivity index (χ3n) is 3.89. The Labute approximate surface area is 98.8 Å². The summed E-state index contributed by atoms with van der Waals surface area (Å²) in [7, 11) is -0.733. The minimum atomic E-state index is -0.395. The monoisotopic (exact) mass is 226 g/mol. The van der Waals surface area contributed by atoms with Crippen molar-refractivity contribution in [2.24, 2.45) is 0 Å². The van der Waals surface area contributed by atoms with Crippen LogP contribution in [0.5, 0.6) is 0 Å². The molecule has 0 atom stereocenters. The van der Waals surface area contributed by atoms with Gasteiger partial charge in [0, 0.05) is 30.7 Å². The lowest BCUT2D eigenvalue weighted by atomic mass is 10.1. The summed E-state index contributed by atoms with van der Waals surface area (Å²) in [6.07, 6.45) is 10.3. The van der Waals surface area contributed by atoms with Gasteiger partial charge in [-0.1, -0.05) is 0 Å². The van der Waals surface area contributed by atoms with Crippen LogP contribution in [0.1, 0.15) is 0 Å². The van der Waals surface area contributed by atoms with E-state index < -0.39 is 7.55 Å². The van der Waals surface area contributed by atoms with Gasteiger partial charge in [-0.3, -0.25) is 4.59 Å². The van der Waals surface area contributed by atoms with Gasteiger partial charge in [-0.15, -0.1) is 0 Å². The molecule has 0 aliphatic carbocycles. The largest absolute Gasteiger partial charge is 0.418 e. The molecule has 3 aromatic heterocycles. The van der Waals surface area contributed by atoms with Crippen molar-refractivity contribution in [1.29, 1.82) is 0 Å². The summed E-state index contributed by atoms with van der Waals surface area (Å²) in [6, 6.07) is 6.22. The Kier molecular flexibility index (Phi) is 1.63. The molecule has 0 saturated heterocycles. The lowest BCUT2D eigenvalue weighted by molar-refractivity contribution is -0.689. The molecule has 4 heterocycles. The van der Waals surface area contributed by atoms with Crippen molar-refractivity contribution in [3.05, 3.63) is 49.2 Å². The van der Waals surface area contributed by atoms with Gasteiger partial charge in [-0.05, 0) is 6.07 Å². The van der Waals surface area contributed by atoms with Crippen molar-refractivity contribution in [2.45, 2.75) is 0 Å². The molecule has 0 spiro atoms. The van der Waals surface area contributed by atoms with E-state index in [9.17, 15) is 0 Å².